The first-order valence-electron chi connectivity index (χ1n) is 5.73. The first-order valence-corrected chi connectivity index (χ1v) is 5.73. The van der Waals surface area contributed by atoms with Crippen molar-refractivity contribution in [1.29, 1.82) is 0 Å². The summed E-state index contributed by atoms with van der Waals surface area (Å²) in [4.78, 5) is 0. The van der Waals surface area contributed by atoms with Crippen molar-refractivity contribution in [2.75, 3.05) is 12.4 Å². The molecule has 90 valence electrons. The Labute approximate surface area is 104 Å². The molecule has 0 aliphatic heterocycles. The zero-order valence-electron chi connectivity index (χ0n) is 9.91. The lowest BCUT2D eigenvalue weighted by Gasteiger charge is -2.01. The molecule has 0 amide bonds. The van der Waals surface area contributed by atoms with E-state index in [9.17, 15) is 4.39 Å². The van der Waals surface area contributed by atoms with Gasteiger partial charge >= 0.3 is 0 Å². The third-order valence-corrected chi connectivity index (χ3v) is 2.91. The van der Waals surface area contributed by atoms with Crippen molar-refractivity contribution < 1.29 is 8.81 Å². The summed E-state index contributed by atoms with van der Waals surface area (Å²) >= 11 is 0. The van der Waals surface area contributed by atoms with E-state index in [4.69, 9.17) is 4.42 Å². The molecule has 0 atom stereocenters. The Balaban J connectivity index is 2.13. The highest BCUT2D eigenvalue weighted by Crippen LogP contribution is 2.29. The second kappa shape index (κ2) is 4.18. The first-order chi connectivity index (χ1) is 8.76. The molecule has 3 aromatic rings. The lowest BCUT2D eigenvalue weighted by Crippen LogP contribution is -1.86. The second-order valence-electron chi connectivity index (χ2n) is 4.12. The van der Waals surface area contributed by atoms with Crippen molar-refractivity contribution in [2.45, 2.75) is 0 Å². The molecule has 0 spiro atoms. The van der Waals surface area contributed by atoms with Crippen LogP contribution in [0.2, 0.25) is 0 Å². The van der Waals surface area contributed by atoms with Crippen LogP contribution in [0.5, 0.6) is 0 Å². The number of hydrogen-bond donors (Lipinski definition) is 1. The fourth-order valence-corrected chi connectivity index (χ4v) is 1.98. The van der Waals surface area contributed by atoms with E-state index in [0.717, 1.165) is 22.4 Å². The Bertz CT molecular complexity index is 703. The highest BCUT2D eigenvalue weighted by atomic mass is 19.1. The Morgan fingerprint density at radius 3 is 2.78 bits per heavy atom. The largest absolute Gasteiger partial charge is 0.456 e. The van der Waals surface area contributed by atoms with Gasteiger partial charge in [-0.1, -0.05) is 12.1 Å². The Hall–Kier alpha value is -2.29. The molecule has 18 heavy (non-hydrogen) atoms. The van der Waals surface area contributed by atoms with Gasteiger partial charge in [0.25, 0.3) is 0 Å². The number of rotatable bonds is 2. The fraction of sp³-hybridized carbons (Fsp3) is 0.0667. The van der Waals surface area contributed by atoms with Crippen LogP contribution in [0.1, 0.15) is 0 Å². The molecule has 1 heterocycles. The van der Waals surface area contributed by atoms with Crippen LogP contribution in [0.4, 0.5) is 10.1 Å². The average Bonchev–Trinajstić information content (AvgIpc) is 2.81. The van der Waals surface area contributed by atoms with Gasteiger partial charge in [-0.15, -0.1) is 0 Å². The average molecular weight is 241 g/mol. The number of furan rings is 1. The maximum atomic E-state index is 13.1. The van der Waals surface area contributed by atoms with Gasteiger partial charge in [0.1, 0.15) is 17.2 Å². The summed E-state index contributed by atoms with van der Waals surface area (Å²) in [5, 5.41) is 3.86. The standard InChI is InChI=1S/C15H12FNO/c1-17-13-4-2-3-10(8-13)15-9-11-7-12(16)5-6-14(11)18-15/h2-9,17H,1H3. The quantitative estimate of drug-likeness (QED) is 0.724. The van der Waals surface area contributed by atoms with Crippen molar-refractivity contribution in [3.63, 3.8) is 0 Å². The number of benzene rings is 2. The van der Waals surface area contributed by atoms with Crippen LogP contribution in [0, 0.1) is 5.82 Å². The van der Waals surface area contributed by atoms with Crippen LogP contribution in [-0.4, -0.2) is 7.05 Å². The minimum Gasteiger partial charge on any atom is -0.456 e. The van der Waals surface area contributed by atoms with Gasteiger partial charge in [0.05, 0.1) is 0 Å². The van der Waals surface area contributed by atoms with Crippen LogP contribution in [0.25, 0.3) is 22.3 Å². The highest BCUT2D eigenvalue weighted by molar-refractivity contribution is 5.83. The molecule has 3 heteroatoms. The molecule has 0 fully saturated rings. The molecule has 1 N–H and O–H groups in total. The van der Waals surface area contributed by atoms with Crippen molar-refractivity contribution in [2.24, 2.45) is 0 Å². The van der Waals surface area contributed by atoms with E-state index < -0.39 is 0 Å². The van der Waals surface area contributed by atoms with Crippen LogP contribution < -0.4 is 5.32 Å². The Kier molecular flexibility index (Phi) is 2.52. The topological polar surface area (TPSA) is 25.2 Å². The Morgan fingerprint density at radius 2 is 1.94 bits per heavy atom. The predicted molar refractivity (Wildman–Crippen MR) is 71.2 cm³/mol. The fourth-order valence-electron chi connectivity index (χ4n) is 1.98. The van der Waals surface area contributed by atoms with Crippen molar-refractivity contribution >= 4 is 16.7 Å². The van der Waals surface area contributed by atoms with Gasteiger partial charge < -0.3 is 9.73 Å². The summed E-state index contributed by atoms with van der Waals surface area (Å²) in [5.74, 6) is 0.492. The smallest absolute Gasteiger partial charge is 0.135 e. The molecule has 0 unspecified atom stereocenters. The minimum absolute atomic E-state index is 0.251. The monoisotopic (exact) mass is 241 g/mol. The molecule has 0 aliphatic carbocycles. The maximum absolute atomic E-state index is 13.1. The van der Waals surface area contributed by atoms with Crippen LogP contribution in [-0.2, 0) is 0 Å². The van der Waals surface area contributed by atoms with E-state index in [1.165, 1.54) is 12.1 Å². The lowest BCUT2D eigenvalue weighted by atomic mass is 10.1. The van der Waals surface area contributed by atoms with Crippen LogP contribution in [0.3, 0.4) is 0 Å². The van der Waals surface area contributed by atoms with Gasteiger partial charge in [-0.3, -0.25) is 0 Å². The zero-order chi connectivity index (χ0) is 12.5. The van der Waals surface area contributed by atoms with E-state index in [1.54, 1.807) is 6.07 Å². The zero-order valence-corrected chi connectivity index (χ0v) is 9.91. The van der Waals surface area contributed by atoms with Gasteiger partial charge in [-0.25, -0.2) is 4.39 Å². The van der Waals surface area contributed by atoms with Gasteiger partial charge in [0.2, 0.25) is 0 Å². The molecule has 2 aromatic carbocycles. The van der Waals surface area contributed by atoms with Gasteiger partial charge in [0, 0.05) is 23.7 Å². The molecular weight excluding hydrogens is 229 g/mol. The van der Waals surface area contributed by atoms with E-state index >= 15 is 0 Å². The number of hydrogen-bond acceptors (Lipinski definition) is 2. The number of nitrogens with one attached hydrogen (secondary N) is 1. The van der Waals surface area contributed by atoms with E-state index in [0.29, 0.717) is 5.58 Å². The molecular formula is C15H12FNO. The van der Waals surface area contributed by atoms with E-state index in [1.807, 2.05) is 37.4 Å². The number of halogens is 1. The normalized spacial score (nSPS) is 10.8. The molecule has 2 nitrogen and oxygen atoms in total. The van der Waals surface area contributed by atoms with Crippen molar-refractivity contribution in [3.8, 4) is 11.3 Å². The molecule has 3 rings (SSSR count). The van der Waals surface area contributed by atoms with Crippen molar-refractivity contribution in [3.05, 3.63) is 54.3 Å². The molecule has 0 radical (unpaired) electrons. The third kappa shape index (κ3) is 1.84. The predicted octanol–water partition coefficient (Wildman–Crippen LogP) is 4.28. The van der Waals surface area contributed by atoms with Crippen molar-refractivity contribution in [1.82, 2.24) is 0 Å². The summed E-state index contributed by atoms with van der Waals surface area (Å²) in [7, 11) is 1.87. The summed E-state index contributed by atoms with van der Waals surface area (Å²) in [6, 6.07) is 14.3. The number of fused-ring (bicyclic) bond motifs is 1. The van der Waals surface area contributed by atoms with Gasteiger partial charge in [-0.05, 0) is 36.4 Å². The SMILES string of the molecule is CNc1cccc(-c2cc3cc(F)ccc3o2)c1. The first kappa shape index (κ1) is 10.8. The summed E-state index contributed by atoms with van der Waals surface area (Å²) in [6.45, 7) is 0. The van der Waals surface area contributed by atoms with Gasteiger partial charge in [-0.2, -0.15) is 0 Å². The summed E-state index contributed by atoms with van der Waals surface area (Å²) < 4.78 is 18.8. The summed E-state index contributed by atoms with van der Waals surface area (Å²) in [6.07, 6.45) is 0. The molecule has 1 aromatic heterocycles. The third-order valence-electron chi connectivity index (χ3n) is 2.91. The maximum Gasteiger partial charge on any atom is 0.135 e. The van der Waals surface area contributed by atoms with E-state index in [-0.39, 0.29) is 5.82 Å². The minimum atomic E-state index is -0.251. The van der Waals surface area contributed by atoms with Gasteiger partial charge in [0.15, 0.2) is 0 Å². The number of anilines is 1. The molecule has 0 saturated heterocycles. The summed E-state index contributed by atoms with van der Waals surface area (Å²) in [5.41, 5.74) is 2.68. The lowest BCUT2D eigenvalue weighted by molar-refractivity contribution is 0.619. The van der Waals surface area contributed by atoms with Crippen LogP contribution >= 0.6 is 0 Å². The van der Waals surface area contributed by atoms with Crippen LogP contribution in [0.15, 0.2) is 52.9 Å². The van der Waals surface area contributed by atoms with E-state index in [2.05, 4.69) is 5.32 Å². The highest BCUT2D eigenvalue weighted by Gasteiger charge is 2.07. The second-order valence-corrected chi connectivity index (χ2v) is 4.12. The molecule has 0 bridgehead atoms. The molecule has 0 saturated carbocycles. The Morgan fingerprint density at radius 1 is 1.06 bits per heavy atom. The molecule has 0 aliphatic rings.